The van der Waals surface area contributed by atoms with Crippen LogP contribution in [0.15, 0.2) is 6.20 Å². The van der Waals surface area contributed by atoms with Crippen molar-refractivity contribution >= 4 is 11.3 Å². The second-order valence-corrected chi connectivity index (χ2v) is 4.53. The maximum Gasteiger partial charge on any atom is 0.443 e. The molecule has 1 atom stereocenters. The number of nitrogens with one attached hydrogen (secondary N) is 1. The van der Waals surface area contributed by atoms with Crippen LogP contribution in [-0.2, 0) is 6.18 Å². The number of rotatable bonds is 5. The van der Waals surface area contributed by atoms with Crippen LogP contribution in [-0.4, -0.2) is 11.5 Å². The lowest BCUT2D eigenvalue weighted by Gasteiger charge is -2.14. The van der Waals surface area contributed by atoms with E-state index in [4.69, 9.17) is 0 Å². The number of hydrogen-bond donors (Lipinski definition) is 1. The predicted octanol–water partition coefficient (Wildman–Crippen LogP) is 3.61. The van der Waals surface area contributed by atoms with E-state index in [1.165, 1.54) is 6.20 Å². The lowest BCUT2D eigenvalue weighted by Crippen LogP contribution is -2.19. The van der Waals surface area contributed by atoms with Gasteiger partial charge < -0.3 is 5.32 Å². The summed E-state index contributed by atoms with van der Waals surface area (Å²) in [7, 11) is 0. The van der Waals surface area contributed by atoms with Crippen molar-refractivity contribution in [3.63, 3.8) is 0 Å². The average molecular weight is 252 g/mol. The number of halogens is 3. The Balaban J connectivity index is 2.81. The molecule has 16 heavy (non-hydrogen) atoms. The molecule has 0 saturated carbocycles. The van der Waals surface area contributed by atoms with Crippen molar-refractivity contribution < 1.29 is 13.2 Å². The van der Waals surface area contributed by atoms with Crippen molar-refractivity contribution in [2.75, 3.05) is 6.54 Å². The first-order chi connectivity index (χ1) is 7.49. The third-order valence-electron chi connectivity index (χ3n) is 2.14. The summed E-state index contributed by atoms with van der Waals surface area (Å²) in [5.41, 5.74) is 0. The van der Waals surface area contributed by atoms with Gasteiger partial charge in [-0.2, -0.15) is 13.2 Å². The molecule has 0 radical (unpaired) electrons. The molecule has 1 heterocycles. The van der Waals surface area contributed by atoms with E-state index in [1.807, 2.05) is 13.8 Å². The second-order valence-electron chi connectivity index (χ2n) is 3.46. The van der Waals surface area contributed by atoms with Crippen molar-refractivity contribution in [3.8, 4) is 0 Å². The Bertz CT molecular complexity index is 316. The van der Waals surface area contributed by atoms with Gasteiger partial charge in [0.1, 0.15) is 0 Å². The van der Waals surface area contributed by atoms with Crippen LogP contribution in [0, 0.1) is 0 Å². The van der Waals surface area contributed by atoms with E-state index in [2.05, 4.69) is 10.3 Å². The summed E-state index contributed by atoms with van der Waals surface area (Å²) in [4.78, 5) is 4.09. The average Bonchev–Trinajstić information content (AvgIpc) is 2.65. The summed E-state index contributed by atoms with van der Waals surface area (Å²) in [6, 6.07) is -0.0106. The molecule has 92 valence electrons. The van der Waals surface area contributed by atoms with Crippen LogP contribution in [0.3, 0.4) is 0 Å². The zero-order valence-corrected chi connectivity index (χ0v) is 10.1. The molecule has 0 aliphatic heterocycles. The van der Waals surface area contributed by atoms with Gasteiger partial charge >= 0.3 is 6.18 Å². The number of nitrogens with zero attached hydrogens (tertiary/aromatic N) is 1. The number of thiazole rings is 1. The van der Waals surface area contributed by atoms with E-state index in [0.717, 1.165) is 30.7 Å². The monoisotopic (exact) mass is 252 g/mol. The number of aromatic nitrogens is 1. The van der Waals surface area contributed by atoms with Crippen LogP contribution in [0.5, 0.6) is 0 Å². The van der Waals surface area contributed by atoms with Gasteiger partial charge in [-0.05, 0) is 13.0 Å². The van der Waals surface area contributed by atoms with Gasteiger partial charge in [0.05, 0.1) is 0 Å². The van der Waals surface area contributed by atoms with E-state index >= 15 is 0 Å². The molecule has 0 aliphatic carbocycles. The van der Waals surface area contributed by atoms with Gasteiger partial charge in [0.15, 0.2) is 5.01 Å². The molecule has 6 heteroatoms. The Labute approximate surface area is 96.9 Å². The van der Waals surface area contributed by atoms with Crippen LogP contribution in [0.2, 0.25) is 0 Å². The fraction of sp³-hybridized carbons (Fsp3) is 0.700. The zero-order valence-electron chi connectivity index (χ0n) is 9.27. The lowest BCUT2D eigenvalue weighted by molar-refractivity contribution is -0.137. The molecule has 0 aromatic carbocycles. The quantitative estimate of drug-likeness (QED) is 0.865. The molecule has 0 fully saturated rings. The SMILES string of the molecule is CCCC(NCC)c1cnc(C(F)(F)F)s1. The molecule has 0 bridgehead atoms. The van der Waals surface area contributed by atoms with Gasteiger partial charge in [-0.15, -0.1) is 11.3 Å². The highest BCUT2D eigenvalue weighted by atomic mass is 32.1. The highest BCUT2D eigenvalue weighted by molar-refractivity contribution is 7.11. The topological polar surface area (TPSA) is 24.9 Å². The summed E-state index contributed by atoms with van der Waals surface area (Å²) >= 11 is 0.729. The molecule has 0 saturated heterocycles. The summed E-state index contributed by atoms with van der Waals surface area (Å²) in [5.74, 6) is 0. The van der Waals surface area contributed by atoms with Crippen molar-refractivity contribution in [1.29, 1.82) is 0 Å². The fourth-order valence-electron chi connectivity index (χ4n) is 1.46. The molecule has 1 aromatic rings. The first-order valence-corrected chi connectivity index (χ1v) is 6.07. The Hall–Kier alpha value is -0.620. The highest BCUT2D eigenvalue weighted by Gasteiger charge is 2.35. The molecule has 0 amide bonds. The summed E-state index contributed by atoms with van der Waals surface area (Å²) in [6.45, 7) is 4.69. The van der Waals surface area contributed by atoms with Crippen molar-refractivity contribution in [1.82, 2.24) is 10.3 Å². The van der Waals surface area contributed by atoms with E-state index in [1.54, 1.807) is 0 Å². The minimum Gasteiger partial charge on any atom is -0.309 e. The number of hydrogen-bond acceptors (Lipinski definition) is 3. The van der Waals surface area contributed by atoms with Crippen LogP contribution < -0.4 is 5.32 Å². The molecule has 1 unspecified atom stereocenters. The lowest BCUT2D eigenvalue weighted by atomic mass is 10.1. The predicted molar refractivity (Wildman–Crippen MR) is 58.4 cm³/mol. The van der Waals surface area contributed by atoms with Crippen molar-refractivity contribution in [2.24, 2.45) is 0 Å². The Kier molecular flexibility index (Phi) is 4.73. The Morgan fingerprint density at radius 2 is 2.12 bits per heavy atom. The van der Waals surface area contributed by atoms with Gasteiger partial charge in [-0.1, -0.05) is 20.3 Å². The van der Waals surface area contributed by atoms with Crippen molar-refractivity contribution in [3.05, 3.63) is 16.1 Å². The van der Waals surface area contributed by atoms with Crippen LogP contribution in [0.4, 0.5) is 13.2 Å². The van der Waals surface area contributed by atoms with E-state index in [0.29, 0.717) is 4.88 Å². The minimum atomic E-state index is -4.33. The maximum atomic E-state index is 12.4. The molecule has 1 rings (SSSR count). The van der Waals surface area contributed by atoms with E-state index in [-0.39, 0.29) is 6.04 Å². The highest BCUT2D eigenvalue weighted by Crippen LogP contribution is 2.35. The van der Waals surface area contributed by atoms with Gasteiger partial charge in [-0.25, -0.2) is 4.98 Å². The van der Waals surface area contributed by atoms with Crippen molar-refractivity contribution in [2.45, 2.75) is 38.9 Å². The van der Waals surface area contributed by atoms with Gasteiger partial charge in [0.25, 0.3) is 0 Å². The summed E-state index contributed by atoms with van der Waals surface area (Å²) in [6.07, 6.45) is -1.24. The number of alkyl halides is 3. The largest absolute Gasteiger partial charge is 0.443 e. The maximum absolute atomic E-state index is 12.4. The Morgan fingerprint density at radius 3 is 2.56 bits per heavy atom. The van der Waals surface area contributed by atoms with Crippen LogP contribution in [0.25, 0.3) is 0 Å². The van der Waals surface area contributed by atoms with Crippen LogP contribution in [0.1, 0.15) is 42.6 Å². The second kappa shape index (κ2) is 5.63. The smallest absolute Gasteiger partial charge is 0.309 e. The Morgan fingerprint density at radius 1 is 1.44 bits per heavy atom. The summed E-state index contributed by atoms with van der Waals surface area (Å²) in [5, 5.41) is 2.41. The minimum absolute atomic E-state index is 0.0106. The fourth-order valence-corrected chi connectivity index (χ4v) is 2.35. The van der Waals surface area contributed by atoms with Crippen LogP contribution >= 0.6 is 11.3 Å². The normalized spacial score (nSPS) is 14.1. The molecule has 2 nitrogen and oxygen atoms in total. The molecule has 0 aliphatic rings. The molecule has 1 aromatic heterocycles. The molecule has 0 spiro atoms. The third-order valence-corrected chi connectivity index (χ3v) is 3.29. The van der Waals surface area contributed by atoms with Gasteiger partial charge in [-0.3, -0.25) is 0 Å². The van der Waals surface area contributed by atoms with Gasteiger partial charge in [0.2, 0.25) is 0 Å². The summed E-state index contributed by atoms with van der Waals surface area (Å²) < 4.78 is 37.1. The first kappa shape index (κ1) is 13.4. The molecule has 1 N–H and O–H groups in total. The zero-order chi connectivity index (χ0) is 12.2. The standard InChI is InChI=1S/C10H15F3N2S/c1-3-5-7(14-4-2)8-6-15-9(16-8)10(11,12)13/h6-7,14H,3-5H2,1-2H3. The molecular formula is C10H15F3N2S. The van der Waals surface area contributed by atoms with E-state index in [9.17, 15) is 13.2 Å². The third kappa shape index (κ3) is 3.45. The van der Waals surface area contributed by atoms with E-state index < -0.39 is 11.2 Å². The van der Waals surface area contributed by atoms with Gasteiger partial charge in [0, 0.05) is 17.1 Å². The molecular weight excluding hydrogens is 237 g/mol. The first-order valence-electron chi connectivity index (χ1n) is 5.25.